The fourth-order valence-electron chi connectivity index (χ4n) is 0.866. The molecule has 1 rings (SSSR count). The number of nitrogens with zero attached hydrogens (tertiary/aromatic N) is 2. The number of aryl methyl sites for hydroxylation is 2. The van der Waals surface area contributed by atoms with Crippen molar-refractivity contribution in [3.05, 3.63) is 23.3 Å². The molecule has 64 valence electrons. The van der Waals surface area contributed by atoms with Gasteiger partial charge in [0.15, 0.2) is 0 Å². The highest BCUT2D eigenvalue weighted by molar-refractivity contribution is 5.93. The molecule has 0 aliphatic heterocycles. The van der Waals surface area contributed by atoms with Gasteiger partial charge in [-0.2, -0.15) is 0 Å². The second-order valence-corrected chi connectivity index (χ2v) is 2.36. The molecule has 0 bridgehead atoms. The average Bonchev–Trinajstić information content (AvgIpc) is 2.03. The van der Waals surface area contributed by atoms with Crippen LogP contribution in [0.3, 0.4) is 0 Å². The molecular weight excluding hydrogens is 158 g/mol. The van der Waals surface area contributed by atoms with Crippen molar-refractivity contribution >= 4 is 5.91 Å². The Labute approximate surface area is 69.4 Å². The summed E-state index contributed by atoms with van der Waals surface area (Å²) in [7, 11) is 0. The van der Waals surface area contributed by atoms with Crippen molar-refractivity contribution in [1.82, 2.24) is 15.4 Å². The van der Waals surface area contributed by atoms with Crippen molar-refractivity contribution in [2.75, 3.05) is 0 Å². The van der Waals surface area contributed by atoms with Crippen molar-refractivity contribution in [3.8, 4) is 0 Å². The van der Waals surface area contributed by atoms with E-state index in [9.17, 15) is 4.79 Å². The fourth-order valence-corrected chi connectivity index (χ4v) is 0.866. The summed E-state index contributed by atoms with van der Waals surface area (Å²) < 4.78 is 0. The predicted molar refractivity (Wildman–Crippen MR) is 40.8 cm³/mol. The van der Waals surface area contributed by atoms with Crippen LogP contribution >= 0.6 is 0 Å². The zero-order chi connectivity index (χ0) is 9.14. The maximum Gasteiger partial charge on any atom is 0.278 e. The van der Waals surface area contributed by atoms with Crippen LogP contribution in [0, 0.1) is 13.8 Å². The third-order valence-electron chi connectivity index (χ3n) is 1.45. The molecule has 0 fully saturated rings. The van der Waals surface area contributed by atoms with Crippen LogP contribution in [0.25, 0.3) is 0 Å². The largest absolute Gasteiger partial charge is 0.288 e. The second-order valence-electron chi connectivity index (χ2n) is 2.36. The van der Waals surface area contributed by atoms with Crippen LogP contribution in [0.1, 0.15) is 21.9 Å². The van der Waals surface area contributed by atoms with Gasteiger partial charge >= 0.3 is 0 Å². The Balaban J connectivity index is 3.09. The van der Waals surface area contributed by atoms with E-state index in [1.165, 1.54) is 11.7 Å². The Morgan fingerprint density at radius 1 is 1.58 bits per heavy atom. The topological polar surface area (TPSA) is 75.1 Å². The molecule has 0 atom stereocenters. The SMILES string of the molecule is Cc1ncc(C(=O)NO)c(C)n1. The number of carbonyl (C=O) groups is 1. The van der Waals surface area contributed by atoms with Crippen molar-refractivity contribution < 1.29 is 10.0 Å². The zero-order valence-corrected chi connectivity index (χ0v) is 6.83. The maximum absolute atomic E-state index is 10.9. The first-order valence-electron chi connectivity index (χ1n) is 3.40. The van der Waals surface area contributed by atoms with Crippen LogP contribution in [0.5, 0.6) is 0 Å². The molecule has 0 unspecified atom stereocenters. The van der Waals surface area contributed by atoms with Crippen LogP contribution in [-0.4, -0.2) is 21.1 Å². The molecule has 1 amide bonds. The summed E-state index contributed by atoms with van der Waals surface area (Å²) in [5.74, 6) is 0.00879. The molecule has 0 radical (unpaired) electrons. The van der Waals surface area contributed by atoms with Crippen molar-refractivity contribution in [2.24, 2.45) is 0 Å². The van der Waals surface area contributed by atoms with Gasteiger partial charge < -0.3 is 0 Å². The van der Waals surface area contributed by atoms with E-state index in [0.717, 1.165) is 0 Å². The first-order valence-corrected chi connectivity index (χ1v) is 3.40. The standard InChI is InChI=1S/C7H9N3O2/c1-4-6(7(11)10-12)3-8-5(2)9-4/h3,12H,1-2H3,(H,10,11). The molecule has 1 aromatic rings. The zero-order valence-electron chi connectivity index (χ0n) is 6.83. The smallest absolute Gasteiger partial charge is 0.278 e. The second kappa shape index (κ2) is 3.27. The number of nitrogens with one attached hydrogen (secondary N) is 1. The molecule has 5 heteroatoms. The third kappa shape index (κ3) is 1.57. The molecule has 0 spiro atoms. The van der Waals surface area contributed by atoms with Crippen LogP contribution in [0.4, 0.5) is 0 Å². The van der Waals surface area contributed by atoms with Gasteiger partial charge in [-0.1, -0.05) is 0 Å². The summed E-state index contributed by atoms with van der Waals surface area (Å²) in [4.78, 5) is 18.7. The van der Waals surface area contributed by atoms with Crippen LogP contribution in [0.2, 0.25) is 0 Å². The van der Waals surface area contributed by atoms with E-state index in [2.05, 4.69) is 9.97 Å². The van der Waals surface area contributed by atoms with Crippen LogP contribution in [-0.2, 0) is 0 Å². The Hall–Kier alpha value is -1.49. The summed E-state index contributed by atoms with van der Waals surface area (Å²) in [6.45, 7) is 3.41. The highest BCUT2D eigenvalue weighted by Crippen LogP contribution is 2.02. The molecule has 1 heterocycles. The number of aromatic nitrogens is 2. The minimum atomic E-state index is -0.590. The molecule has 2 N–H and O–H groups in total. The lowest BCUT2D eigenvalue weighted by Crippen LogP contribution is -2.20. The number of amides is 1. The molecule has 0 saturated carbocycles. The van der Waals surface area contributed by atoms with E-state index < -0.39 is 5.91 Å². The Morgan fingerprint density at radius 3 is 2.75 bits per heavy atom. The number of hydrogen-bond donors (Lipinski definition) is 2. The highest BCUT2D eigenvalue weighted by atomic mass is 16.5. The van der Waals surface area contributed by atoms with E-state index in [1.54, 1.807) is 13.8 Å². The van der Waals surface area contributed by atoms with Crippen molar-refractivity contribution in [3.63, 3.8) is 0 Å². The van der Waals surface area contributed by atoms with Gasteiger partial charge in [-0.25, -0.2) is 15.4 Å². The minimum Gasteiger partial charge on any atom is -0.288 e. The van der Waals surface area contributed by atoms with Gasteiger partial charge in [0.05, 0.1) is 11.3 Å². The maximum atomic E-state index is 10.9. The van der Waals surface area contributed by atoms with Gasteiger partial charge in [-0.15, -0.1) is 0 Å². The summed E-state index contributed by atoms with van der Waals surface area (Å²) >= 11 is 0. The average molecular weight is 167 g/mol. The summed E-state index contributed by atoms with van der Waals surface area (Å²) in [5, 5.41) is 8.33. The summed E-state index contributed by atoms with van der Waals surface area (Å²) in [5.41, 5.74) is 2.35. The number of hydroxylamine groups is 1. The molecule has 0 aromatic carbocycles. The van der Waals surface area contributed by atoms with E-state index in [1.807, 2.05) is 0 Å². The monoisotopic (exact) mass is 167 g/mol. The lowest BCUT2D eigenvalue weighted by molar-refractivity contribution is 0.0704. The van der Waals surface area contributed by atoms with Crippen molar-refractivity contribution in [2.45, 2.75) is 13.8 Å². The van der Waals surface area contributed by atoms with Gasteiger partial charge in [0.25, 0.3) is 5.91 Å². The first kappa shape index (κ1) is 8.61. The van der Waals surface area contributed by atoms with Gasteiger partial charge in [0.2, 0.25) is 0 Å². The number of hydrogen-bond acceptors (Lipinski definition) is 4. The molecule has 1 aromatic heterocycles. The van der Waals surface area contributed by atoms with E-state index in [4.69, 9.17) is 5.21 Å². The molecular formula is C7H9N3O2. The van der Waals surface area contributed by atoms with Gasteiger partial charge in [0, 0.05) is 6.20 Å². The molecule has 0 saturated heterocycles. The lowest BCUT2D eigenvalue weighted by atomic mass is 10.2. The summed E-state index contributed by atoms with van der Waals surface area (Å²) in [6, 6.07) is 0. The minimum absolute atomic E-state index is 0.281. The first-order chi connectivity index (χ1) is 5.65. The quantitative estimate of drug-likeness (QED) is 0.463. The summed E-state index contributed by atoms with van der Waals surface area (Å²) in [6.07, 6.45) is 1.38. The Bertz CT molecular complexity index is 312. The van der Waals surface area contributed by atoms with Crippen molar-refractivity contribution in [1.29, 1.82) is 0 Å². The number of rotatable bonds is 1. The van der Waals surface area contributed by atoms with E-state index in [-0.39, 0.29) is 5.56 Å². The molecule has 5 nitrogen and oxygen atoms in total. The fraction of sp³-hybridized carbons (Fsp3) is 0.286. The normalized spacial score (nSPS) is 9.58. The molecule has 0 aliphatic carbocycles. The van der Waals surface area contributed by atoms with Gasteiger partial charge in [0.1, 0.15) is 5.82 Å². The predicted octanol–water partition coefficient (Wildman–Crippen LogP) is 0.212. The van der Waals surface area contributed by atoms with Gasteiger partial charge in [-0.05, 0) is 13.8 Å². The van der Waals surface area contributed by atoms with Crippen LogP contribution in [0.15, 0.2) is 6.20 Å². The van der Waals surface area contributed by atoms with E-state index in [0.29, 0.717) is 11.5 Å². The number of carbonyl (C=O) groups excluding carboxylic acids is 1. The molecule has 0 aliphatic rings. The lowest BCUT2D eigenvalue weighted by Gasteiger charge is -2.01. The van der Waals surface area contributed by atoms with E-state index >= 15 is 0 Å². The Morgan fingerprint density at radius 2 is 2.25 bits per heavy atom. The van der Waals surface area contributed by atoms with Gasteiger partial charge in [-0.3, -0.25) is 10.0 Å². The molecule has 12 heavy (non-hydrogen) atoms. The Kier molecular flexibility index (Phi) is 2.35. The third-order valence-corrected chi connectivity index (χ3v) is 1.45. The van der Waals surface area contributed by atoms with Crippen LogP contribution < -0.4 is 5.48 Å². The highest BCUT2D eigenvalue weighted by Gasteiger charge is 2.08.